The molecule has 8 heteroatoms. The maximum absolute atomic E-state index is 12.0. The third-order valence-corrected chi connectivity index (χ3v) is 6.94. The molecule has 1 aromatic rings. The Labute approximate surface area is 187 Å². The van der Waals surface area contributed by atoms with Crippen LogP contribution in [-0.4, -0.2) is 50.6 Å². The molecule has 1 aliphatic rings. The highest BCUT2D eigenvalue weighted by Gasteiger charge is 2.27. The number of piperidine rings is 1. The van der Waals surface area contributed by atoms with Crippen LogP contribution in [0.5, 0.6) is 0 Å². The first-order valence-electron chi connectivity index (χ1n) is 9.70. The van der Waals surface area contributed by atoms with Gasteiger partial charge in [-0.05, 0) is 36.3 Å². The number of nitrogens with zero attached hydrogens (tertiary/aromatic N) is 2. The van der Waals surface area contributed by atoms with E-state index in [0.717, 1.165) is 18.8 Å². The number of hydrogen-bond acceptors (Lipinski definition) is 3. The quantitative estimate of drug-likeness (QED) is 0.354. The van der Waals surface area contributed by atoms with Gasteiger partial charge in [0.15, 0.2) is 5.96 Å². The highest BCUT2D eigenvalue weighted by atomic mass is 127. The lowest BCUT2D eigenvalue weighted by Crippen LogP contribution is -2.49. The minimum absolute atomic E-state index is 0. The van der Waals surface area contributed by atoms with Crippen molar-refractivity contribution in [2.45, 2.75) is 58.5 Å². The van der Waals surface area contributed by atoms with Crippen molar-refractivity contribution in [3.05, 3.63) is 35.4 Å². The van der Waals surface area contributed by atoms with E-state index in [1.807, 2.05) is 0 Å². The van der Waals surface area contributed by atoms with Crippen LogP contribution in [0.25, 0.3) is 0 Å². The van der Waals surface area contributed by atoms with Gasteiger partial charge in [0.25, 0.3) is 0 Å². The molecular formula is C20H35IN4O2S. The van der Waals surface area contributed by atoms with Crippen LogP contribution in [0.2, 0.25) is 0 Å². The Morgan fingerprint density at radius 2 is 1.75 bits per heavy atom. The summed E-state index contributed by atoms with van der Waals surface area (Å²) >= 11 is 0. The maximum atomic E-state index is 12.0. The fraction of sp³-hybridized carbons (Fsp3) is 0.650. The zero-order chi connectivity index (χ0) is 20.1. The van der Waals surface area contributed by atoms with E-state index in [4.69, 9.17) is 0 Å². The Kier molecular flexibility index (Phi) is 9.69. The molecule has 0 unspecified atom stereocenters. The van der Waals surface area contributed by atoms with Crippen LogP contribution in [0.3, 0.4) is 0 Å². The predicted molar refractivity (Wildman–Crippen MR) is 128 cm³/mol. The second kappa shape index (κ2) is 10.8. The van der Waals surface area contributed by atoms with Crippen molar-refractivity contribution in [1.82, 2.24) is 14.9 Å². The van der Waals surface area contributed by atoms with Crippen LogP contribution in [0.15, 0.2) is 29.3 Å². The summed E-state index contributed by atoms with van der Waals surface area (Å²) in [5.74, 6) is 0.925. The largest absolute Gasteiger partial charge is 0.354 e. The molecule has 1 aromatic carbocycles. The van der Waals surface area contributed by atoms with E-state index in [0.29, 0.717) is 19.6 Å². The van der Waals surface area contributed by atoms with E-state index in [9.17, 15) is 8.42 Å². The first kappa shape index (κ1) is 25.2. The van der Waals surface area contributed by atoms with E-state index < -0.39 is 10.0 Å². The lowest BCUT2D eigenvalue weighted by atomic mass is 9.87. The highest BCUT2D eigenvalue weighted by Crippen LogP contribution is 2.22. The molecule has 160 valence electrons. The number of aliphatic imine (C=N–C) groups is 1. The molecule has 0 bridgehead atoms. The first-order valence-corrected chi connectivity index (χ1v) is 11.3. The minimum atomic E-state index is -3.08. The molecule has 0 amide bonds. The first-order chi connectivity index (χ1) is 12.7. The van der Waals surface area contributed by atoms with Gasteiger partial charge in [0.2, 0.25) is 10.0 Å². The third-order valence-electron chi connectivity index (χ3n) is 5.06. The lowest BCUT2D eigenvalue weighted by Gasteiger charge is -2.32. The second-order valence-corrected chi connectivity index (χ2v) is 10.3. The number of rotatable bonds is 5. The summed E-state index contributed by atoms with van der Waals surface area (Å²) < 4.78 is 25.5. The number of hydrogen-bond donors (Lipinski definition) is 2. The van der Waals surface area contributed by atoms with Gasteiger partial charge >= 0.3 is 0 Å². The van der Waals surface area contributed by atoms with Crippen LogP contribution in [0.4, 0.5) is 0 Å². The van der Waals surface area contributed by atoms with E-state index in [1.165, 1.54) is 11.1 Å². The molecule has 2 rings (SSSR count). The zero-order valence-electron chi connectivity index (χ0n) is 17.7. The molecule has 0 atom stereocenters. The standard InChI is InChI=1S/C20H34N4O2S.HI/c1-6-27(25,26)24-13-11-18(12-14-24)23-19(21-5)22-15-16-7-9-17(10-8-16)20(2,3)4;/h7-10,18H,6,11-15H2,1-5H3,(H2,21,22,23);1H. The Morgan fingerprint density at radius 1 is 1.18 bits per heavy atom. The van der Waals surface area contributed by atoms with Crippen LogP contribution in [0.1, 0.15) is 51.7 Å². The normalized spacial score (nSPS) is 17.1. The highest BCUT2D eigenvalue weighted by molar-refractivity contribution is 14.0. The number of sulfonamides is 1. The molecule has 0 radical (unpaired) electrons. The van der Waals surface area contributed by atoms with Gasteiger partial charge in [-0.1, -0.05) is 45.0 Å². The predicted octanol–water partition coefficient (Wildman–Crippen LogP) is 3.08. The van der Waals surface area contributed by atoms with Gasteiger partial charge < -0.3 is 10.6 Å². The van der Waals surface area contributed by atoms with Crippen LogP contribution >= 0.6 is 24.0 Å². The molecule has 6 nitrogen and oxygen atoms in total. The van der Waals surface area contributed by atoms with E-state index in [-0.39, 0.29) is 41.2 Å². The Hall–Kier alpha value is -0.870. The van der Waals surface area contributed by atoms with Gasteiger partial charge in [0, 0.05) is 32.7 Å². The molecule has 1 aliphatic heterocycles. The summed E-state index contributed by atoms with van der Waals surface area (Å²) in [6.45, 7) is 10.2. The number of benzene rings is 1. The fourth-order valence-corrected chi connectivity index (χ4v) is 4.29. The average molecular weight is 522 g/mol. The van der Waals surface area contributed by atoms with Gasteiger partial charge in [-0.25, -0.2) is 12.7 Å². The number of halogens is 1. The van der Waals surface area contributed by atoms with Crippen LogP contribution in [-0.2, 0) is 22.0 Å². The molecule has 1 fully saturated rings. The SMILES string of the molecule is CCS(=O)(=O)N1CCC(NC(=NC)NCc2ccc(C(C)(C)C)cc2)CC1.I. The third kappa shape index (κ3) is 7.18. The van der Waals surface area contributed by atoms with Crippen molar-refractivity contribution in [2.75, 3.05) is 25.9 Å². The number of guanidine groups is 1. The molecular weight excluding hydrogens is 487 g/mol. The number of nitrogens with one attached hydrogen (secondary N) is 2. The second-order valence-electron chi connectivity index (χ2n) is 8.09. The smallest absolute Gasteiger partial charge is 0.213 e. The molecule has 0 saturated carbocycles. The summed E-state index contributed by atoms with van der Waals surface area (Å²) in [5, 5.41) is 6.77. The van der Waals surface area contributed by atoms with Gasteiger partial charge in [-0.15, -0.1) is 24.0 Å². The molecule has 28 heavy (non-hydrogen) atoms. The zero-order valence-corrected chi connectivity index (χ0v) is 20.8. The van der Waals surface area contributed by atoms with Gasteiger partial charge in [0.1, 0.15) is 0 Å². The topological polar surface area (TPSA) is 73.8 Å². The molecule has 1 heterocycles. The molecule has 2 N–H and O–H groups in total. The minimum Gasteiger partial charge on any atom is -0.354 e. The van der Waals surface area contributed by atoms with Gasteiger partial charge in [0.05, 0.1) is 5.75 Å². The summed E-state index contributed by atoms with van der Waals surface area (Å²) in [6.07, 6.45) is 1.58. The van der Waals surface area contributed by atoms with Gasteiger partial charge in [-0.3, -0.25) is 4.99 Å². The van der Waals surface area contributed by atoms with E-state index in [2.05, 4.69) is 60.7 Å². The van der Waals surface area contributed by atoms with Crippen LogP contribution < -0.4 is 10.6 Å². The van der Waals surface area contributed by atoms with Crippen molar-refractivity contribution in [3.8, 4) is 0 Å². The van der Waals surface area contributed by atoms with Crippen molar-refractivity contribution >= 4 is 40.0 Å². The van der Waals surface area contributed by atoms with Crippen LogP contribution in [0, 0.1) is 0 Å². The average Bonchev–Trinajstić information content (AvgIpc) is 2.65. The Morgan fingerprint density at radius 3 is 2.21 bits per heavy atom. The molecule has 1 saturated heterocycles. The molecule has 0 spiro atoms. The lowest BCUT2D eigenvalue weighted by molar-refractivity contribution is 0.306. The fourth-order valence-electron chi connectivity index (χ4n) is 3.16. The maximum Gasteiger partial charge on any atom is 0.213 e. The molecule has 0 aliphatic carbocycles. The van der Waals surface area contributed by atoms with Crippen molar-refractivity contribution in [2.24, 2.45) is 4.99 Å². The van der Waals surface area contributed by atoms with Gasteiger partial charge in [-0.2, -0.15) is 0 Å². The Balaban J connectivity index is 0.00000392. The summed E-state index contributed by atoms with van der Waals surface area (Å²) in [6, 6.07) is 8.89. The summed E-state index contributed by atoms with van der Waals surface area (Å²) in [7, 11) is -1.32. The van der Waals surface area contributed by atoms with E-state index in [1.54, 1.807) is 18.3 Å². The van der Waals surface area contributed by atoms with Crippen molar-refractivity contribution in [1.29, 1.82) is 0 Å². The van der Waals surface area contributed by atoms with Crippen molar-refractivity contribution in [3.63, 3.8) is 0 Å². The monoisotopic (exact) mass is 522 g/mol. The molecule has 0 aromatic heterocycles. The Bertz CT molecular complexity index is 734. The van der Waals surface area contributed by atoms with Crippen molar-refractivity contribution < 1.29 is 8.42 Å². The summed E-state index contributed by atoms with van der Waals surface area (Å²) in [5.41, 5.74) is 2.68. The van der Waals surface area contributed by atoms with E-state index >= 15 is 0 Å². The summed E-state index contributed by atoms with van der Waals surface area (Å²) in [4.78, 5) is 4.30.